The molecular formula is C12H15F3N2. The van der Waals surface area contributed by atoms with Crippen molar-refractivity contribution in [2.45, 2.75) is 18.1 Å². The molecule has 2 rings (SSSR count). The van der Waals surface area contributed by atoms with E-state index in [0.717, 1.165) is 5.56 Å². The van der Waals surface area contributed by atoms with Crippen LogP contribution in [0.3, 0.4) is 0 Å². The van der Waals surface area contributed by atoms with E-state index in [1.807, 2.05) is 30.3 Å². The van der Waals surface area contributed by atoms with Crippen LogP contribution in [-0.4, -0.2) is 36.8 Å². The summed E-state index contributed by atoms with van der Waals surface area (Å²) in [6, 6.07) is 9.27. The first-order chi connectivity index (χ1) is 7.96. The minimum absolute atomic E-state index is 0.00134. The molecule has 94 valence electrons. The van der Waals surface area contributed by atoms with Crippen LogP contribution in [0.2, 0.25) is 0 Å². The highest BCUT2D eigenvalue weighted by Gasteiger charge is 2.37. The van der Waals surface area contributed by atoms with Gasteiger partial charge in [0, 0.05) is 25.0 Å². The Balaban J connectivity index is 2.03. The topological polar surface area (TPSA) is 29.3 Å². The number of halogens is 3. The fourth-order valence-corrected chi connectivity index (χ4v) is 2.35. The highest BCUT2D eigenvalue weighted by Crippen LogP contribution is 2.28. The number of nitrogens with two attached hydrogens (primary N) is 1. The second kappa shape index (κ2) is 4.66. The predicted molar refractivity (Wildman–Crippen MR) is 59.7 cm³/mol. The third-order valence-electron chi connectivity index (χ3n) is 3.07. The maximum Gasteiger partial charge on any atom is 0.401 e. The Bertz CT molecular complexity index is 364. The first-order valence-corrected chi connectivity index (χ1v) is 5.55. The molecule has 2 atom stereocenters. The molecule has 1 saturated heterocycles. The van der Waals surface area contributed by atoms with Crippen molar-refractivity contribution >= 4 is 0 Å². The van der Waals surface area contributed by atoms with Gasteiger partial charge in [-0.1, -0.05) is 30.3 Å². The summed E-state index contributed by atoms with van der Waals surface area (Å²) in [6.07, 6.45) is -4.15. The molecule has 0 unspecified atom stereocenters. The van der Waals surface area contributed by atoms with Crippen molar-refractivity contribution < 1.29 is 13.2 Å². The summed E-state index contributed by atoms with van der Waals surface area (Å²) in [5.41, 5.74) is 6.93. The second-order valence-electron chi connectivity index (χ2n) is 4.49. The normalized spacial score (nSPS) is 26.4. The Morgan fingerprint density at radius 3 is 2.41 bits per heavy atom. The zero-order valence-electron chi connectivity index (χ0n) is 9.32. The largest absolute Gasteiger partial charge is 0.401 e. The number of benzene rings is 1. The third-order valence-corrected chi connectivity index (χ3v) is 3.07. The van der Waals surface area contributed by atoms with Gasteiger partial charge < -0.3 is 5.73 Å². The van der Waals surface area contributed by atoms with Crippen LogP contribution in [0.25, 0.3) is 0 Å². The van der Waals surface area contributed by atoms with Gasteiger partial charge in [0.15, 0.2) is 0 Å². The van der Waals surface area contributed by atoms with Crippen LogP contribution in [0.4, 0.5) is 13.2 Å². The summed E-state index contributed by atoms with van der Waals surface area (Å²) in [5.74, 6) is -0.00134. The minimum Gasteiger partial charge on any atom is -0.326 e. The summed E-state index contributed by atoms with van der Waals surface area (Å²) in [6.45, 7) is -0.187. The van der Waals surface area contributed by atoms with Gasteiger partial charge >= 0.3 is 6.18 Å². The molecule has 1 heterocycles. The van der Waals surface area contributed by atoms with Crippen molar-refractivity contribution in [3.05, 3.63) is 35.9 Å². The van der Waals surface area contributed by atoms with E-state index >= 15 is 0 Å². The molecule has 0 bridgehead atoms. The molecule has 0 aromatic heterocycles. The lowest BCUT2D eigenvalue weighted by molar-refractivity contribution is -0.143. The smallest absolute Gasteiger partial charge is 0.326 e. The summed E-state index contributed by atoms with van der Waals surface area (Å²) in [5, 5.41) is 0. The van der Waals surface area contributed by atoms with Gasteiger partial charge in [-0.25, -0.2) is 0 Å². The first kappa shape index (κ1) is 12.4. The molecule has 0 aliphatic carbocycles. The van der Waals surface area contributed by atoms with E-state index in [9.17, 15) is 13.2 Å². The van der Waals surface area contributed by atoms with Crippen molar-refractivity contribution in [1.29, 1.82) is 0 Å². The monoisotopic (exact) mass is 244 g/mol. The Hall–Kier alpha value is -1.07. The number of hydrogen-bond acceptors (Lipinski definition) is 2. The van der Waals surface area contributed by atoms with E-state index in [1.165, 1.54) is 4.90 Å². The lowest BCUT2D eigenvalue weighted by Gasteiger charge is -2.17. The maximum atomic E-state index is 12.3. The Morgan fingerprint density at radius 1 is 1.18 bits per heavy atom. The van der Waals surface area contributed by atoms with E-state index in [0.29, 0.717) is 13.1 Å². The molecule has 5 heteroatoms. The number of likely N-dealkylation sites (tertiary alicyclic amines) is 1. The van der Waals surface area contributed by atoms with Crippen LogP contribution >= 0.6 is 0 Å². The van der Waals surface area contributed by atoms with Crippen molar-refractivity contribution in [3.63, 3.8) is 0 Å². The lowest BCUT2D eigenvalue weighted by Crippen LogP contribution is -2.34. The van der Waals surface area contributed by atoms with Gasteiger partial charge in [0.2, 0.25) is 0 Å². The lowest BCUT2D eigenvalue weighted by atomic mass is 9.95. The van der Waals surface area contributed by atoms with Crippen LogP contribution in [0.1, 0.15) is 11.5 Å². The molecule has 2 N–H and O–H groups in total. The number of nitrogens with zero attached hydrogens (tertiary/aromatic N) is 1. The van der Waals surface area contributed by atoms with E-state index < -0.39 is 12.7 Å². The predicted octanol–water partition coefficient (Wildman–Crippen LogP) is 1.98. The zero-order chi connectivity index (χ0) is 12.5. The number of alkyl halides is 3. The summed E-state index contributed by atoms with van der Waals surface area (Å²) in [7, 11) is 0. The van der Waals surface area contributed by atoms with Crippen LogP contribution in [-0.2, 0) is 0 Å². The Morgan fingerprint density at radius 2 is 1.82 bits per heavy atom. The van der Waals surface area contributed by atoms with Crippen molar-refractivity contribution in [1.82, 2.24) is 4.90 Å². The molecule has 1 aromatic rings. The average Bonchev–Trinajstić information content (AvgIpc) is 2.58. The SMILES string of the molecule is N[C@@H]1CN(CC(F)(F)F)C[C@@H]1c1ccccc1. The first-order valence-electron chi connectivity index (χ1n) is 5.55. The molecule has 0 amide bonds. The molecule has 0 spiro atoms. The van der Waals surface area contributed by atoms with Crippen LogP contribution in [0, 0.1) is 0 Å². The maximum absolute atomic E-state index is 12.3. The van der Waals surface area contributed by atoms with Gasteiger partial charge in [0.05, 0.1) is 6.54 Å². The number of hydrogen-bond donors (Lipinski definition) is 1. The van der Waals surface area contributed by atoms with Gasteiger partial charge in [-0.3, -0.25) is 4.90 Å². The van der Waals surface area contributed by atoms with Crippen LogP contribution in [0.5, 0.6) is 0 Å². The highest BCUT2D eigenvalue weighted by molar-refractivity contribution is 5.23. The molecule has 1 aliphatic heterocycles. The van der Waals surface area contributed by atoms with Crippen LogP contribution in [0.15, 0.2) is 30.3 Å². The Kier molecular flexibility index (Phi) is 3.40. The fourth-order valence-electron chi connectivity index (χ4n) is 2.35. The standard InChI is InChI=1S/C12H15F3N2/c13-12(14,15)8-17-6-10(11(16)7-17)9-4-2-1-3-5-9/h1-5,10-11H,6-8,16H2/t10-,11-/m1/s1. The molecule has 0 saturated carbocycles. The van der Waals surface area contributed by atoms with Crippen molar-refractivity contribution in [3.8, 4) is 0 Å². The van der Waals surface area contributed by atoms with E-state index in [2.05, 4.69) is 0 Å². The van der Waals surface area contributed by atoms with Crippen LogP contribution < -0.4 is 5.73 Å². The van der Waals surface area contributed by atoms with Crippen molar-refractivity contribution in [2.75, 3.05) is 19.6 Å². The zero-order valence-corrected chi connectivity index (χ0v) is 9.32. The summed E-state index contributed by atoms with van der Waals surface area (Å²) < 4.78 is 36.8. The number of rotatable bonds is 2. The molecule has 0 radical (unpaired) electrons. The highest BCUT2D eigenvalue weighted by atomic mass is 19.4. The quantitative estimate of drug-likeness (QED) is 0.862. The second-order valence-corrected chi connectivity index (χ2v) is 4.49. The van der Waals surface area contributed by atoms with Gasteiger partial charge in [-0.2, -0.15) is 13.2 Å². The van der Waals surface area contributed by atoms with E-state index in [4.69, 9.17) is 5.73 Å². The fraction of sp³-hybridized carbons (Fsp3) is 0.500. The van der Waals surface area contributed by atoms with Gasteiger partial charge in [-0.05, 0) is 5.56 Å². The molecule has 17 heavy (non-hydrogen) atoms. The molecular weight excluding hydrogens is 229 g/mol. The molecule has 1 fully saturated rings. The van der Waals surface area contributed by atoms with Gasteiger partial charge in [0.1, 0.15) is 0 Å². The Labute approximate surface area is 98.2 Å². The minimum atomic E-state index is -4.15. The summed E-state index contributed by atoms with van der Waals surface area (Å²) in [4.78, 5) is 1.38. The third kappa shape index (κ3) is 3.20. The molecule has 2 nitrogen and oxygen atoms in total. The summed E-state index contributed by atoms with van der Waals surface area (Å²) >= 11 is 0. The average molecular weight is 244 g/mol. The van der Waals surface area contributed by atoms with E-state index in [1.54, 1.807) is 0 Å². The van der Waals surface area contributed by atoms with Crippen molar-refractivity contribution in [2.24, 2.45) is 5.73 Å². The molecule has 1 aromatic carbocycles. The van der Waals surface area contributed by atoms with Gasteiger partial charge in [0.25, 0.3) is 0 Å². The molecule has 1 aliphatic rings. The van der Waals surface area contributed by atoms with E-state index in [-0.39, 0.29) is 12.0 Å². The van der Waals surface area contributed by atoms with Gasteiger partial charge in [-0.15, -0.1) is 0 Å².